The average Bonchev–Trinajstić information content (AvgIpc) is 3.47. The number of likely N-dealkylation sites (tertiary alicyclic amines) is 1. The van der Waals surface area contributed by atoms with E-state index in [0.29, 0.717) is 30.3 Å². The Bertz CT molecular complexity index is 1160. The summed E-state index contributed by atoms with van der Waals surface area (Å²) in [7, 11) is 3.15. The number of rotatable bonds is 5. The Morgan fingerprint density at radius 1 is 1.12 bits per heavy atom. The van der Waals surface area contributed by atoms with E-state index in [9.17, 15) is 9.59 Å². The lowest BCUT2D eigenvalue weighted by molar-refractivity contribution is -0.137. The summed E-state index contributed by atoms with van der Waals surface area (Å²) in [6, 6.07) is 13.5. The molecule has 0 spiro atoms. The van der Waals surface area contributed by atoms with Crippen LogP contribution in [0, 0.1) is 5.92 Å². The number of hydrogen-bond acceptors (Lipinski definition) is 6. The molecule has 2 saturated heterocycles. The summed E-state index contributed by atoms with van der Waals surface area (Å²) in [5.74, 6) is 1.11. The summed E-state index contributed by atoms with van der Waals surface area (Å²) >= 11 is 1.72. The molecule has 8 heteroatoms. The number of piperidine rings is 1. The number of ether oxygens (including phenoxy) is 2. The molecule has 0 aliphatic carbocycles. The van der Waals surface area contributed by atoms with E-state index in [-0.39, 0.29) is 30.1 Å². The molecule has 2 fully saturated rings. The summed E-state index contributed by atoms with van der Waals surface area (Å²) in [6.45, 7) is 1.76. The fourth-order valence-corrected chi connectivity index (χ4v) is 5.91. The second-order valence-corrected chi connectivity index (χ2v) is 9.65. The van der Waals surface area contributed by atoms with Crippen molar-refractivity contribution >= 4 is 39.1 Å². The zero-order chi connectivity index (χ0) is 22.9. The highest BCUT2D eigenvalue weighted by Crippen LogP contribution is 2.37. The van der Waals surface area contributed by atoms with Gasteiger partial charge in [-0.2, -0.15) is 0 Å². The molecule has 33 heavy (non-hydrogen) atoms. The van der Waals surface area contributed by atoms with Gasteiger partial charge in [-0.15, -0.1) is 11.3 Å². The lowest BCUT2D eigenvalue weighted by Gasteiger charge is -2.33. The lowest BCUT2D eigenvalue weighted by atomic mass is 9.96. The SMILES string of the molecule is COc1ccc(N2C[C@H](C(=O)N3CCC[C@H](c4nc5ccccc5s4)C3)CC2=O)c(OC)c1. The van der Waals surface area contributed by atoms with Gasteiger partial charge in [-0.25, -0.2) is 4.98 Å². The Balaban J connectivity index is 1.30. The zero-order valence-electron chi connectivity index (χ0n) is 18.8. The molecular weight excluding hydrogens is 438 g/mol. The van der Waals surface area contributed by atoms with Gasteiger partial charge in [0.15, 0.2) is 0 Å². The minimum atomic E-state index is -0.349. The van der Waals surface area contributed by atoms with E-state index in [4.69, 9.17) is 14.5 Å². The molecule has 0 unspecified atom stereocenters. The standard InChI is InChI=1S/C25H27N3O4S/c1-31-18-9-10-20(21(13-18)32-2)28-15-17(12-23(28)29)25(30)27-11-5-6-16(14-27)24-26-19-7-3-4-8-22(19)33-24/h3-4,7-10,13,16-17H,5-6,11-12,14-15H2,1-2H3/t16-,17+/m0/s1. The van der Waals surface area contributed by atoms with Crippen molar-refractivity contribution in [3.8, 4) is 11.5 Å². The molecule has 2 amide bonds. The van der Waals surface area contributed by atoms with Gasteiger partial charge < -0.3 is 19.3 Å². The van der Waals surface area contributed by atoms with Crippen molar-refractivity contribution in [1.82, 2.24) is 9.88 Å². The van der Waals surface area contributed by atoms with Gasteiger partial charge in [-0.3, -0.25) is 9.59 Å². The van der Waals surface area contributed by atoms with Crippen LogP contribution in [0.3, 0.4) is 0 Å². The summed E-state index contributed by atoms with van der Waals surface area (Å²) in [4.78, 5) is 34.7. The van der Waals surface area contributed by atoms with Crippen LogP contribution >= 0.6 is 11.3 Å². The number of amides is 2. The largest absolute Gasteiger partial charge is 0.497 e. The third kappa shape index (κ3) is 4.15. The minimum Gasteiger partial charge on any atom is -0.497 e. The van der Waals surface area contributed by atoms with Gasteiger partial charge in [0.25, 0.3) is 0 Å². The smallest absolute Gasteiger partial charge is 0.228 e. The van der Waals surface area contributed by atoms with E-state index < -0.39 is 0 Å². The van der Waals surface area contributed by atoms with Crippen LogP contribution in [-0.2, 0) is 9.59 Å². The minimum absolute atomic E-state index is 0.0588. The van der Waals surface area contributed by atoms with E-state index >= 15 is 0 Å². The summed E-state index contributed by atoms with van der Waals surface area (Å²) in [5, 5.41) is 1.10. The number of fused-ring (bicyclic) bond motifs is 1. The molecule has 5 rings (SSSR count). The molecule has 0 saturated carbocycles. The van der Waals surface area contributed by atoms with E-state index in [1.807, 2.05) is 29.2 Å². The zero-order valence-corrected chi connectivity index (χ0v) is 19.6. The van der Waals surface area contributed by atoms with Crippen molar-refractivity contribution in [2.45, 2.75) is 25.2 Å². The van der Waals surface area contributed by atoms with Crippen LogP contribution in [0.4, 0.5) is 5.69 Å². The van der Waals surface area contributed by atoms with Crippen molar-refractivity contribution in [1.29, 1.82) is 0 Å². The topological polar surface area (TPSA) is 72.0 Å². The van der Waals surface area contributed by atoms with E-state index in [0.717, 1.165) is 29.9 Å². The molecule has 7 nitrogen and oxygen atoms in total. The Kier molecular flexibility index (Phi) is 5.93. The summed E-state index contributed by atoms with van der Waals surface area (Å²) in [6.07, 6.45) is 2.20. The first-order valence-corrected chi connectivity index (χ1v) is 12.1. The number of benzene rings is 2. The highest BCUT2D eigenvalue weighted by molar-refractivity contribution is 7.18. The van der Waals surface area contributed by atoms with Crippen molar-refractivity contribution in [3.63, 3.8) is 0 Å². The molecule has 2 aromatic carbocycles. The summed E-state index contributed by atoms with van der Waals surface area (Å²) in [5.41, 5.74) is 1.69. The van der Waals surface area contributed by atoms with Gasteiger partial charge in [0.1, 0.15) is 11.5 Å². The molecule has 172 valence electrons. The van der Waals surface area contributed by atoms with Crippen LogP contribution in [0.5, 0.6) is 11.5 Å². The maximum atomic E-state index is 13.4. The number of aromatic nitrogens is 1. The average molecular weight is 466 g/mol. The Hall–Kier alpha value is -3.13. The van der Waals surface area contributed by atoms with Crippen LogP contribution in [0.25, 0.3) is 10.2 Å². The third-order valence-electron chi connectivity index (χ3n) is 6.54. The van der Waals surface area contributed by atoms with Crippen LogP contribution < -0.4 is 14.4 Å². The molecule has 3 heterocycles. The molecule has 0 radical (unpaired) electrons. The van der Waals surface area contributed by atoms with Crippen molar-refractivity contribution in [3.05, 3.63) is 47.5 Å². The number of anilines is 1. The highest BCUT2D eigenvalue weighted by atomic mass is 32.1. The Morgan fingerprint density at radius 3 is 2.76 bits per heavy atom. The number of para-hydroxylation sites is 1. The van der Waals surface area contributed by atoms with Gasteiger partial charge in [0, 0.05) is 38.0 Å². The van der Waals surface area contributed by atoms with E-state index in [1.54, 1.807) is 42.6 Å². The first-order valence-electron chi connectivity index (χ1n) is 11.2. The molecule has 2 aliphatic heterocycles. The van der Waals surface area contributed by atoms with Crippen LogP contribution in [0.2, 0.25) is 0 Å². The molecule has 3 aromatic rings. The molecule has 2 aliphatic rings. The third-order valence-corrected chi connectivity index (χ3v) is 7.74. The summed E-state index contributed by atoms with van der Waals surface area (Å²) < 4.78 is 11.9. The first kappa shape index (κ1) is 21.7. The quantitative estimate of drug-likeness (QED) is 0.568. The van der Waals surface area contributed by atoms with Crippen LogP contribution in [-0.4, -0.2) is 55.6 Å². The maximum absolute atomic E-state index is 13.4. The molecule has 0 N–H and O–H groups in total. The predicted octanol–water partition coefficient (Wildman–Crippen LogP) is 4.07. The van der Waals surface area contributed by atoms with Gasteiger partial charge in [0.05, 0.1) is 41.0 Å². The Labute approximate surface area is 196 Å². The molecule has 0 bridgehead atoms. The van der Waals surface area contributed by atoms with Gasteiger partial charge in [-0.05, 0) is 37.1 Å². The maximum Gasteiger partial charge on any atom is 0.228 e. The van der Waals surface area contributed by atoms with E-state index in [1.165, 1.54) is 4.70 Å². The predicted molar refractivity (Wildman–Crippen MR) is 128 cm³/mol. The van der Waals surface area contributed by atoms with Crippen molar-refractivity contribution in [2.75, 3.05) is 38.8 Å². The van der Waals surface area contributed by atoms with Crippen LogP contribution in [0.15, 0.2) is 42.5 Å². The van der Waals surface area contributed by atoms with Gasteiger partial charge in [-0.1, -0.05) is 12.1 Å². The number of hydrogen-bond donors (Lipinski definition) is 0. The molecular formula is C25H27N3O4S. The van der Waals surface area contributed by atoms with E-state index in [2.05, 4.69) is 6.07 Å². The fourth-order valence-electron chi connectivity index (χ4n) is 4.82. The fraction of sp³-hybridized carbons (Fsp3) is 0.400. The second kappa shape index (κ2) is 9.02. The highest BCUT2D eigenvalue weighted by Gasteiger charge is 2.39. The monoisotopic (exact) mass is 465 g/mol. The second-order valence-electron chi connectivity index (χ2n) is 8.59. The van der Waals surface area contributed by atoms with Gasteiger partial charge in [0.2, 0.25) is 11.8 Å². The van der Waals surface area contributed by atoms with Gasteiger partial charge >= 0.3 is 0 Å². The number of nitrogens with zero attached hydrogens (tertiary/aromatic N) is 3. The normalized spacial score (nSPS) is 21.0. The van der Waals surface area contributed by atoms with Crippen molar-refractivity contribution in [2.24, 2.45) is 5.92 Å². The number of carbonyl (C=O) groups excluding carboxylic acids is 2. The van der Waals surface area contributed by atoms with Crippen molar-refractivity contribution < 1.29 is 19.1 Å². The number of methoxy groups -OCH3 is 2. The first-order chi connectivity index (χ1) is 16.1. The Morgan fingerprint density at radius 2 is 1.97 bits per heavy atom. The molecule has 2 atom stereocenters. The number of thiazole rings is 1. The lowest BCUT2D eigenvalue weighted by Crippen LogP contribution is -2.43. The number of carbonyl (C=O) groups is 2. The molecule has 1 aromatic heterocycles. The van der Waals surface area contributed by atoms with Crippen LogP contribution in [0.1, 0.15) is 30.2 Å².